The lowest BCUT2D eigenvalue weighted by atomic mass is 9.78. The molecule has 1 aliphatic carbocycles. The standard InChI is InChI=1S/C35H41F/c1-3-5-6-7-9-28-12-16-29(17-13-28)18-19-31-21-25-34-33(26-31)24-23-32(35(34)36)22-20-30-14-10-27(8-4-2)11-15-30/h4,12-13,16-17,21,23-27,30H,2-3,5-11,14-15,20,22H2,1H3. The van der Waals surface area contributed by atoms with Gasteiger partial charge in [0.2, 0.25) is 0 Å². The Morgan fingerprint density at radius 3 is 2.31 bits per heavy atom. The molecule has 188 valence electrons. The number of unbranched alkanes of at least 4 members (excludes halogenated alkanes) is 3. The summed E-state index contributed by atoms with van der Waals surface area (Å²) in [5, 5.41) is 1.63. The molecule has 0 saturated heterocycles. The van der Waals surface area contributed by atoms with E-state index in [4.69, 9.17) is 0 Å². The van der Waals surface area contributed by atoms with Crippen molar-refractivity contribution in [2.75, 3.05) is 0 Å². The highest BCUT2D eigenvalue weighted by Crippen LogP contribution is 2.34. The molecule has 1 fully saturated rings. The predicted octanol–water partition coefficient (Wildman–Crippen LogP) is 9.82. The average molecular weight is 481 g/mol. The molecule has 0 radical (unpaired) electrons. The number of hydrogen-bond donors (Lipinski definition) is 0. The van der Waals surface area contributed by atoms with Crippen molar-refractivity contribution in [2.24, 2.45) is 11.8 Å². The first-order chi connectivity index (χ1) is 17.7. The summed E-state index contributed by atoms with van der Waals surface area (Å²) in [6, 6.07) is 18.5. The molecule has 0 aromatic heterocycles. The zero-order valence-electron chi connectivity index (χ0n) is 22.0. The van der Waals surface area contributed by atoms with Gasteiger partial charge in [0.25, 0.3) is 0 Å². The molecule has 1 saturated carbocycles. The van der Waals surface area contributed by atoms with Crippen LogP contribution in [0, 0.1) is 29.5 Å². The third-order valence-electron chi connectivity index (χ3n) is 7.95. The Hall–Kier alpha value is -2.85. The molecule has 1 heteroatoms. The van der Waals surface area contributed by atoms with E-state index < -0.39 is 0 Å². The second-order valence-electron chi connectivity index (χ2n) is 10.7. The zero-order valence-corrected chi connectivity index (χ0v) is 22.0. The monoisotopic (exact) mass is 480 g/mol. The summed E-state index contributed by atoms with van der Waals surface area (Å²) in [4.78, 5) is 0. The number of fused-ring (bicyclic) bond motifs is 1. The lowest BCUT2D eigenvalue weighted by Gasteiger charge is -2.28. The maximum absolute atomic E-state index is 15.3. The molecule has 1 aliphatic rings. The van der Waals surface area contributed by atoms with Gasteiger partial charge in [0.15, 0.2) is 0 Å². The summed E-state index contributed by atoms with van der Waals surface area (Å²) >= 11 is 0. The Bertz CT molecular complexity index is 1180. The summed E-state index contributed by atoms with van der Waals surface area (Å²) in [5.74, 6) is 8.03. The maximum Gasteiger partial charge on any atom is 0.134 e. The van der Waals surface area contributed by atoms with E-state index in [1.807, 2.05) is 24.3 Å². The zero-order chi connectivity index (χ0) is 25.2. The van der Waals surface area contributed by atoms with Gasteiger partial charge < -0.3 is 0 Å². The van der Waals surface area contributed by atoms with E-state index in [2.05, 4.69) is 61.8 Å². The van der Waals surface area contributed by atoms with Gasteiger partial charge in [0, 0.05) is 16.5 Å². The highest BCUT2D eigenvalue weighted by Gasteiger charge is 2.20. The van der Waals surface area contributed by atoms with E-state index in [1.165, 1.54) is 56.9 Å². The second-order valence-corrected chi connectivity index (χ2v) is 10.7. The van der Waals surface area contributed by atoms with Gasteiger partial charge in [-0.25, -0.2) is 4.39 Å². The first kappa shape index (κ1) is 26.2. The van der Waals surface area contributed by atoms with Crippen LogP contribution in [0.25, 0.3) is 10.8 Å². The number of aryl methyl sites for hydroxylation is 2. The van der Waals surface area contributed by atoms with Gasteiger partial charge >= 0.3 is 0 Å². The number of benzene rings is 3. The first-order valence-electron chi connectivity index (χ1n) is 14.1. The van der Waals surface area contributed by atoms with Crippen LogP contribution in [0.2, 0.25) is 0 Å². The SMILES string of the molecule is C=CCC1CCC(CCc2ccc3cc(C#Cc4ccc(CCCCCC)cc4)ccc3c2F)CC1. The van der Waals surface area contributed by atoms with Crippen LogP contribution in [0.3, 0.4) is 0 Å². The molecule has 0 amide bonds. The number of allylic oxidation sites excluding steroid dienone is 1. The summed E-state index contributed by atoms with van der Waals surface area (Å²) in [6.45, 7) is 6.13. The number of rotatable bonds is 10. The van der Waals surface area contributed by atoms with Crippen molar-refractivity contribution in [2.45, 2.75) is 84.0 Å². The molecular weight excluding hydrogens is 439 g/mol. The minimum absolute atomic E-state index is 0.0538. The Balaban J connectivity index is 1.35. The topological polar surface area (TPSA) is 0 Å². The highest BCUT2D eigenvalue weighted by atomic mass is 19.1. The molecule has 4 rings (SSSR count). The lowest BCUT2D eigenvalue weighted by molar-refractivity contribution is 0.264. The van der Waals surface area contributed by atoms with E-state index in [-0.39, 0.29) is 5.82 Å². The molecule has 0 aliphatic heterocycles. The fraction of sp³-hybridized carbons (Fsp3) is 0.429. The van der Waals surface area contributed by atoms with Crippen molar-refractivity contribution in [3.8, 4) is 11.8 Å². The normalized spacial score (nSPS) is 17.5. The van der Waals surface area contributed by atoms with Crippen molar-refractivity contribution in [3.63, 3.8) is 0 Å². The molecule has 0 spiro atoms. The van der Waals surface area contributed by atoms with Crippen LogP contribution >= 0.6 is 0 Å². The number of halogens is 1. The summed E-state index contributed by atoms with van der Waals surface area (Å²) in [5.41, 5.74) is 4.18. The first-order valence-corrected chi connectivity index (χ1v) is 14.1. The van der Waals surface area contributed by atoms with E-state index in [1.54, 1.807) is 0 Å². The Morgan fingerprint density at radius 1 is 0.833 bits per heavy atom. The summed E-state index contributed by atoms with van der Waals surface area (Å²) in [7, 11) is 0. The van der Waals surface area contributed by atoms with Crippen LogP contribution in [-0.4, -0.2) is 0 Å². The summed E-state index contributed by atoms with van der Waals surface area (Å²) < 4.78 is 15.3. The molecule has 3 aromatic carbocycles. The molecule has 0 nitrogen and oxygen atoms in total. The van der Waals surface area contributed by atoms with Crippen LogP contribution in [0.1, 0.15) is 93.4 Å². The van der Waals surface area contributed by atoms with Gasteiger partial charge in [-0.3, -0.25) is 0 Å². The van der Waals surface area contributed by atoms with Crippen LogP contribution in [0.4, 0.5) is 4.39 Å². The van der Waals surface area contributed by atoms with Crippen molar-refractivity contribution in [3.05, 3.63) is 95.3 Å². The third kappa shape index (κ3) is 7.33. The molecule has 3 aromatic rings. The van der Waals surface area contributed by atoms with Crippen LogP contribution in [0.5, 0.6) is 0 Å². The Kier molecular flexibility index (Phi) is 9.80. The van der Waals surface area contributed by atoms with E-state index in [0.29, 0.717) is 5.39 Å². The largest absolute Gasteiger partial charge is 0.206 e. The Labute approximate surface area is 218 Å². The maximum atomic E-state index is 15.3. The second kappa shape index (κ2) is 13.5. The minimum atomic E-state index is -0.0538. The lowest BCUT2D eigenvalue weighted by Crippen LogP contribution is -2.15. The third-order valence-corrected chi connectivity index (χ3v) is 7.95. The van der Waals surface area contributed by atoms with Gasteiger partial charge in [-0.05, 0) is 97.6 Å². The van der Waals surface area contributed by atoms with Crippen molar-refractivity contribution in [1.82, 2.24) is 0 Å². The minimum Gasteiger partial charge on any atom is -0.206 e. The van der Waals surface area contributed by atoms with Crippen molar-refractivity contribution in [1.29, 1.82) is 0 Å². The summed E-state index contributed by atoms with van der Waals surface area (Å²) in [6.07, 6.45) is 16.5. The fourth-order valence-electron chi connectivity index (χ4n) is 5.61. The molecule has 0 unspecified atom stereocenters. The van der Waals surface area contributed by atoms with E-state index in [9.17, 15) is 0 Å². The van der Waals surface area contributed by atoms with E-state index in [0.717, 1.165) is 59.6 Å². The van der Waals surface area contributed by atoms with Gasteiger partial charge in [-0.15, -0.1) is 6.58 Å². The quantitative estimate of drug-likeness (QED) is 0.154. The van der Waals surface area contributed by atoms with Crippen LogP contribution in [-0.2, 0) is 12.8 Å². The molecule has 36 heavy (non-hydrogen) atoms. The van der Waals surface area contributed by atoms with Crippen molar-refractivity contribution < 1.29 is 4.39 Å². The van der Waals surface area contributed by atoms with Gasteiger partial charge in [0.05, 0.1) is 0 Å². The highest BCUT2D eigenvalue weighted by molar-refractivity contribution is 5.85. The van der Waals surface area contributed by atoms with Crippen LogP contribution in [0.15, 0.2) is 67.3 Å². The smallest absolute Gasteiger partial charge is 0.134 e. The van der Waals surface area contributed by atoms with Crippen LogP contribution < -0.4 is 0 Å². The molecule has 0 atom stereocenters. The molecule has 0 N–H and O–H groups in total. The Morgan fingerprint density at radius 2 is 1.56 bits per heavy atom. The van der Waals surface area contributed by atoms with Crippen molar-refractivity contribution >= 4 is 10.8 Å². The molecule has 0 bridgehead atoms. The molecular formula is C35H41F. The average Bonchev–Trinajstić information content (AvgIpc) is 2.91. The fourth-order valence-corrected chi connectivity index (χ4v) is 5.61. The number of hydrogen-bond acceptors (Lipinski definition) is 0. The van der Waals surface area contributed by atoms with Gasteiger partial charge in [0.1, 0.15) is 5.82 Å². The molecule has 0 heterocycles. The van der Waals surface area contributed by atoms with Gasteiger partial charge in [-0.2, -0.15) is 0 Å². The van der Waals surface area contributed by atoms with Gasteiger partial charge in [-0.1, -0.05) is 87.3 Å². The van der Waals surface area contributed by atoms with E-state index >= 15 is 4.39 Å². The predicted molar refractivity (Wildman–Crippen MR) is 153 cm³/mol.